The monoisotopic (exact) mass is 308 g/mol. The van der Waals surface area contributed by atoms with E-state index in [1.807, 2.05) is 6.07 Å². The maximum absolute atomic E-state index is 13.5. The van der Waals surface area contributed by atoms with Crippen LogP contribution < -0.4 is 5.32 Å². The number of rotatable bonds is 2. The third kappa shape index (κ3) is 2.66. The Kier molecular flexibility index (Phi) is 3.58. The van der Waals surface area contributed by atoms with Crippen molar-refractivity contribution in [3.63, 3.8) is 0 Å². The van der Waals surface area contributed by atoms with Gasteiger partial charge in [0.05, 0.1) is 16.9 Å². The van der Waals surface area contributed by atoms with E-state index in [1.165, 1.54) is 0 Å². The van der Waals surface area contributed by atoms with Crippen LogP contribution >= 0.6 is 15.9 Å². The minimum absolute atomic E-state index is 0.00963. The molecule has 0 fully saturated rings. The quantitative estimate of drug-likeness (QED) is 0.895. The molecule has 2 aromatic carbocycles. The molecule has 2 nitrogen and oxygen atoms in total. The van der Waals surface area contributed by atoms with E-state index in [2.05, 4.69) is 21.2 Å². The number of nitriles is 1. The molecule has 0 heterocycles. The summed E-state index contributed by atoms with van der Waals surface area (Å²) in [6.07, 6.45) is 0. The summed E-state index contributed by atoms with van der Waals surface area (Å²) in [5.74, 6) is -1.13. The van der Waals surface area contributed by atoms with E-state index in [-0.39, 0.29) is 5.69 Å². The highest BCUT2D eigenvalue weighted by Crippen LogP contribution is 2.26. The van der Waals surface area contributed by atoms with Crippen LogP contribution in [0.3, 0.4) is 0 Å². The van der Waals surface area contributed by atoms with Gasteiger partial charge in [0, 0.05) is 10.5 Å². The molecule has 0 amide bonds. The van der Waals surface area contributed by atoms with Gasteiger partial charge in [0.2, 0.25) is 0 Å². The van der Waals surface area contributed by atoms with Crippen molar-refractivity contribution in [2.24, 2.45) is 0 Å². The number of hydrogen-bond donors (Lipinski definition) is 1. The summed E-state index contributed by atoms with van der Waals surface area (Å²) in [6.45, 7) is 0. The summed E-state index contributed by atoms with van der Waals surface area (Å²) in [4.78, 5) is 0. The first-order valence-electron chi connectivity index (χ1n) is 5.02. The highest BCUT2D eigenvalue weighted by atomic mass is 79.9. The third-order valence-corrected chi connectivity index (χ3v) is 2.79. The van der Waals surface area contributed by atoms with Crippen LogP contribution in [-0.2, 0) is 0 Å². The second kappa shape index (κ2) is 5.15. The molecule has 0 aliphatic rings. The highest BCUT2D eigenvalue weighted by Gasteiger charge is 2.07. The van der Waals surface area contributed by atoms with Gasteiger partial charge in [-0.1, -0.05) is 15.9 Å². The largest absolute Gasteiger partial charge is 0.352 e. The molecule has 0 aliphatic heterocycles. The molecule has 90 valence electrons. The topological polar surface area (TPSA) is 35.8 Å². The molecular weight excluding hydrogens is 302 g/mol. The molecule has 0 aliphatic carbocycles. The van der Waals surface area contributed by atoms with E-state index >= 15 is 0 Å². The Morgan fingerprint density at radius 2 is 1.83 bits per heavy atom. The minimum atomic E-state index is -0.583. The Labute approximate surface area is 111 Å². The third-order valence-electron chi connectivity index (χ3n) is 2.30. The molecule has 2 rings (SSSR count). The van der Waals surface area contributed by atoms with Crippen LogP contribution in [0, 0.1) is 23.0 Å². The van der Waals surface area contributed by atoms with Crippen molar-refractivity contribution >= 4 is 27.3 Å². The van der Waals surface area contributed by atoms with Gasteiger partial charge in [-0.3, -0.25) is 0 Å². The van der Waals surface area contributed by atoms with E-state index < -0.39 is 11.6 Å². The van der Waals surface area contributed by atoms with Gasteiger partial charge in [-0.2, -0.15) is 5.26 Å². The fraction of sp³-hybridized carbons (Fsp3) is 0. The van der Waals surface area contributed by atoms with Crippen molar-refractivity contribution in [3.8, 4) is 6.07 Å². The molecule has 0 aromatic heterocycles. The Morgan fingerprint density at radius 3 is 2.56 bits per heavy atom. The molecular formula is C13H7BrF2N2. The van der Waals surface area contributed by atoms with Crippen LogP contribution in [0.5, 0.6) is 0 Å². The lowest BCUT2D eigenvalue weighted by Gasteiger charge is -2.09. The number of nitrogens with one attached hydrogen (secondary N) is 1. The van der Waals surface area contributed by atoms with Crippen LogP contribution in [0.1, 0.15) is 5.56 Å². The van der Waals surface area contributed by atoms with E-state index in [1.54, 1.807) is 18.2 Å². The summed E-state index contributed by atoms with van der Waals surface area (Å²) < 4.78 is 27.2. The highest BCUT2D eigenvalue weighted by molar-refractivity contribution is 9.10. The number of halogens is 3. The van der Waals surface area contributed by atoms with Gasteiger partial charge in [-0.25, -0.2) is 8.78 Å². The molecule has 0 spiro atoms. The van der Waals surface area contributed by atoms with Gasteiger partial charge >= 0.3 is 0 Å². The average Bonchev–Trinajstić information content (AvgIpc) is 2.34. The normalized spacial score (nSPS) is 9.89. The molecule has 0 atom stereocenters. The van der Waals surface area contributed by atoms with Crippen LogP contribution in [0.25, 0.3) is 0 Å². The van der Waals surface area contributed by atoms with Crippen LogP contribution in [0.15, 0.2) is 40.9 Å². The van der Waals surface area contributed by atoms with Gasteiger partial charge in [-0.15, -0.1) is 0 Å². The fourth-order valence-electron chi connectivity index (χ4n) is 1.46. The van der Waals surface area contributed by atoms with E-state index in [0.29, 0.717) is 11.3 Å². The summed E-state index contributed by atoms with van der Waals surface area (Å²) in [5, 5.41) is 11.6. The van der Waals surface area contributed by atoms with Gasteiger partial charge in [0.1, 0.15) is 17.7 Å². The fourth-order valence-corrected chi connectivity index (χ4v) is 1.82. The van der Waals surface area contributed by atoms with Gasteiger partial charge in [-0.05, 0) is 30.3 Å². The van der Waals surface area contributed by atoms with Crippen molar-refractivity contribution in [1.29, 1.82) is 5.26 Å². The van der Waals surface area contributed by atoms with Crippen molar-refractivity contribution in [2.75, 3.05) is 5.32 Å². The number of hydrogen-bond acceptors (Lipinski definition) is 2. The molecule has 0 saturated carbocycles. The molecule has 5 heteroatoms. The average molecular weight is 309 g/mol. The minimum Gasteiger partial charge on any atom is -0.352 e. The van der Waals surface area contributed by atoms with Crippen LogP contribution in [0.2, 0.25) is 0 Å². The van der Waals surface area contributed by atoms with E-state index in [9.17, 15) is 8.78 Å². The lowest BCUT2D eigenvalue weighted by Crippen LogP contribution is -1.97. The maximum atomic E-state index is 13.5. The number of benzene rings is 2. The molecule has 0 radical (unpaired) electrons. The maximum Gasteiger partial charge on any atom is 0.146 e. The van der Waals surface area contributed by atoms with Gasteiger partial charge < -0.3 is 5.32 Å². The van der Waals surface area contributed by atoms with Crippen molar-refractivity contribution in [2.45, 2.75) is 0 Å². The smallest absolute Gasteiger partial charge is 0.146 e. The Balaban J connectivity index is 2.43. The molecule has 18 heavy (non-hydrogen) atoms. The zero-order valence-electron chi connectivity index (χ0n) is 9.05. The molecule has 1 N–H and O–H groups in total. The van der Waals surface area contributed by atoms with Crippen molar-refractivity contribution in [1.82, 2.24) is 0 Å². The summed E-state index contributed by atoms with van der Waals surface area (Å²) >= 11 is 3.25. The van der Waals surface area contributed by atoms with Crippen LogP contribution in [-0.4, -0.2) is 0 Å². The predicted molar refractivity (Wildman–Crippen MR) is 68.5 cm³/mol. The Bertz CT molecular complexity index is 635. The molecule has 0 unspecified atom stereocenters. The summed E-state index contributed by atoms with van der Waals surface area (Å²) in [7, 11) is 0. The van der Waals surface area contributed by atoms with Gasteiger partial charge in [0.15, 0.2) is 0 Å². The lowest BCUT2D eigenvalue weighted by molar-refractivity contribution is 0.603. The number of anilines is 2. The zero-order chi connectivity index (χ0) is 13.1. The predicted octanol–water partition coefficient (Wildman–Crippen LogP) is 4.34. The SMILES string of the molecule is N#Cc1ccc(Br)cc1Nc1cc(F)ccc1F. The second-order valence-electron chi connectivity index (χ2n) is 3.55. The molecule has 0 bridgehead atoms. The Morgan fingerprint density at radius 1 is 1.06 bits per heavy atom. The molecule has 0 saturated heterocycles. The zero-order valence-corrected chi connectivity index (χ0v) is 10.6. The second-order valence-corrected chi connectivity index (χ2v) is 4.47. The summed E-state index contributed by atoms with van der Waals surface area (Å²) in [5.41, 5.74) is 0.753. The number of nitrogens with zero attached hydrogens (tertiary/aromatic N) is 1. The first-order chi connectivity index (χ1) is 8.60. The first kappa shape index (κ1) is 12.5. The van der Waals surface area contributed by atoms with Crippen molar-refractivity contribution in [3.05, 3.63) is 58.1 Å². The lowest BCUT2D eigenvalue weighted by atomic mass is 10.2. The summed E-state index contributed by atoms with van der Waals surface area (Å²) in [6, 6.07) is 10.00. The Hall–Kier alpha value is -1.93. The first-order valence-corrected chi connectivity index (χ1v) is 5.81. The van der Waals surface area contributed by atoms with Gasteiger partial charge in [0.25, 0.3) is 0 Å². The van der Waals surface area contributed by atoms with Crippen LogP contribution in [0.4, 0.5) is 20.2 Å². The van der Waals surface area contributed by atoms with E-state index in [0.717, 1.165) is 22.7 Å². The van der Waals surface area contributed by atoms with Crippen molar-refractivity contribution < 1.29 is 8.78 Å². The standard InChI is InChI=1S/C13H7BrF2N2/c14-9-2-1-8(7-17)12(5-9)18-13-6-10(15)3-4-11(13)16/h1-6,18H. The molecule has 2 aromatic rings. The van der Waals surface area contributed by atoms with E-state index in [4.69, 9.17) is 5.26 Å².